The van der Waals surface area contributed by atoms with E-state index in [-0.39, 0.29) is 5.82 Å². The Balaban J connectivity index is 1.74. The Morgan fingerprint density at radius 3 is 2.12 bits per heavy atom. The lowest BCUT2D eigenvalue weighted by Gasteiger charge is -2.28. The summed E-state index contributed by atoms with van der Waals surface area (Å²) in [5.74, 6) is 0.824. The van der Waals surface area contributed by atoms with Gasteiger partial charge < -0.3 is 0 Å². The third kappa shape index (κ3) is 4.28. The Morgan fingerprint density at radius 2 is 1.58 bits per heavy atom. The summed E-state index contributed by atoms with van der Waals surface area (Å²) in [5, 5.41) is 0. The number of halogens is 4. The maximum Gasteiger partial charge on any atom is 0.416 e. The molecule has 140 valence electrons. The van der Waals surface area contributed by atoms with Gasteiger partial charge in [0.15, 0.2) is 0 Å². The van der Waals surface area contributed by atoms with Crippen molar-refractivity contribution >= 4 is 0 Å². The molecule has 0 spiro atoms. The minimum atomic E-state index is -4.38. The smallest absolute Gasteiger partial charge is 0.206 e. The van der Waals surface area contributed by atoms with Crippen molar-refractivity contribution in [3.63, 3.8) is 0 Å². The highest BCUT2D eigenvalue weighted by molar-refractivity contribution is 5.65. The molecule has 0 heterocycles. The van der Waals surface area contributed by atoms with Crippen molar-refractivity contribution in [2.45, 2.75) is 57.5 Å². The Kier molecular flexibility index (Phi) is 5.69. The standard InChI is InChI=1S/C22H24F4/c1-2-3-15-4-6-16(7-5-15)18-10-13-20(21(23)14-18)17-8-11-19(12-9-17)22(24,25)26/h8-16H,2-7H2,1H3/t15-,16-. The van der Waals surface area contributed by atoms with Gasteiger partial charge in [0.1, 0.15) is 5.82 Å². The van der Waals surface area contributed by atoms with Crippen molar-refractivity contribution in [1.29, 1.82) is 0 Å². The molecule has 0 unspecified atom stereocenters. The molecule has 2 aromatic carbocycles. The maximum atomic E-state index is 14.6. The molecule has 1 aliphatic rings. The molecule has 3 rings (SSSR count). The molecule has 0 nitrogen and oxygen atoms in total. The topological polar surface area (TPSA) is 0 Å². The number of hydrogen-bond acceptors (Lipinski definition) is 0. The van der Waals surface area contributed by atoms with Crippen LogP contribution < -0.4 is 0 Å². The van der Waals surface area contributed by atoms with Gasteiger partial charge in [-0.15, -0.1) is 0 Å². The lowest BCUT2D eigenvalue weighted by molar-refractivity contribution is -0.137. The van der Waals surface area contributed by atoms with Crippen molar-refractivity contribution in [2.75, 3.05) is 0 Å². The van der Waals surface area contributed by atoms with Gasteiger partial charge in [0.2, 0.25) is 0 Å². The Morgan fingerprint density at radius 1 is 0.923 bits per heavy atom. The first kappa shape index (κ1) is 18.9. The molecule has 0 amide bonds. The van der Waals surface area contributed by atoms with Gasteiger partial charge in [-0.3, -0.25) is 0 Å². The summed E-state index contributed by atoms with van der Waals surface area (Å²) in [7, 11) is 0. The second kappa shape index (κ2) is 7.81. The molecule has 0 radical (unpaired) electrons. The summed E-state index contributed by atoms with van der Waals surface area (Å²) in [6.45, 7) is 2.21. The van der Waals surface area contributed by atoms with Crippen LogP contribution in [0.25, 0.3) is 11.1 Å². The van der Waals surface area contributed by atoms with E-state index in [1.54, 1.807) is 12.1 Å². The van der Waals surface area contributed by atoms with Crippen molar-refractivity contribution in [3.8, 4) is 11.1 Å². The first-order valence-corrected chi connectivity index (χ1v) is 9.35. The second-order valence-corrected chi connectivity index (χ2v) is 7.32. The third-order valence-electron chi connectivity index (χ3n) is 5.53. The van der Waals surface area contributed by atoms with Gasteiger partial charge in [-0.05, 0) is 66.8 Å². The Labute approximate surface area is 152 Å². The van der Waals surface area contributed by atoms with Crippen LogP contribution in [-0.4, -0.2) is 0 Å². The highest BCUT2D eigenvalue weighted by Crippen LogP contribution is 2.39. The third-order valence-corrected chi connectivity index (χ3v) is 5.53. The van der Waals surface area contributed by atoms with E-state index in [9.17, 15) is 17.6 Å². The van der Waals surface area contributed by atoms with E-state index in [0.29, 0.717) is 17.0 Å². The predicted octanol–water partition coefficient (Wildman–Crippen LogP) is 7.59. The van der Waals surface area contributed by atoms with E-state index in [0.717, 1.165) is 36.5 Å². The first-order valence-electron chi connectivity index (χ1n) is 9.35. The molecule has 0 bridgehead atoms. The first-order chi connectivity index (χ1) is 12.4. The van der Waals surface area contributed by atoms with Crippen LogP contribution in [0.1, 0.15) is 62.5 Å². The fourth-order valence-electron chi connectivity index (χ4n) is 4.05. The van der Waals surface area contributed by atoms with E-state index in [4.69, 9.17) is 0 Å². The summed E-state index contributed by atoms with van der Waals surface area (Å²) >= 11 is 0. The molecule has 1 fully saturated rings. The number of benzene rings is 2. The van der Waals surface area contributed by atoms with Gasteiger partial charge in [0, 0.05) is 5.56 Å². The van der Waals surface area contributed by atoms with Crippen molar-refractivity contribution in [1.82, 2.24) is 0 Å². The van der Waals surface area contributed by atoms with E-state index in [1.165, 1.54) is 37.8 Å². The zero-order chi connectivity index (χ0) is 18.7. The summed E-state index contributed by atoms with van der Waals surface area (Å²) in [5.41, 5.74) is 1.10. The molecule has 0 aliphatic heterocycles. The fourth-order valence-corrected chi connectivity index (χ4v) is 4.05. The number of rotatable bonds is 4. The molecule has 26 heavy (non-hydrogen) atoms. The van der Waals surface area contributed by atoms with Crippen LogP contribution in [0.15, 0.2) is 42.5 Å². The SMILES string of the molecule is CCC[C@H]1CC[C@H](c2ccc(-c3ccc(C(F)(F)F)cc3)c(F)c2)CC1. The van der Waals surface area contributed by atoms with Gasteiger partial charge in [-0.1, -0.05) is 44.0 Å². The van der Waals surface area contributed by atoms with Crippen LogP contribution in [0, 0.1) is 11.7 Å². The molecule has 0 aromatic heterocycles. The Bertz CT molecular complexity index is 723. The average molecular weight is 364 g/mol. The van der Waals surface area contributed by atoms with Crippen molar-refractivity contribution < 1.29 is 17.6 Å². The monoisotopic (exact) mass is 364 g/mol. The second-order valence-electron chi connectivity index (χ2n) is 7.32. The van der Waals surface area contributed by atoms with E-state index in [1.807, 2.05) is 6.07 Å². The van der Waals surface area contributed by atoms with Crippen LogP contribution in [0.5, 0.6) is 0 Å². The van der Waals surface area contributed by atoms with Crippen LogP contribution in [0.2, 0.25) is 0 Å². The van der Waals surface area contributed by atoms with Gasteiger partial charge in [0.05, 0.1) is 5.56 Å². The highest BCUT2D eigenvalue weighted by atomic mass is 19.4. The summed E-state index contributed by atoms with van der Waals surface area (Å²) in [4.78, 5) is 0. The normalized spacial score (nSPS) is 21.0. The zero-order valence-corrected chi connectivity index (χ0v) is 15.0. The average Bonchev–Trinajstić information content (AvgIpc) is 2.62. The van der Waals surface area contributed by atoms with Crippen LogP contribution in [-0.2, 0) is 6.18 Å². The van der Waals surface area contributed by atoms with E-state index in [2.05, 4.69) is 6.92 Å². The minimum absolute atomic E-state index is 0.349. The highest BCUT2D eigenvalue weighted by Gasteiger charge is 2.30. The molecule has 2 aromatic rings. The molecular formula is C22H24F4. The molecule has 0 N–H and O–H groups in total. The van der Waals surface area contributed by atoms with Crippen LogP contribution in [0.3, 0.4) is 0 Å². The molecule has 1 saturated carbocycles. The Hall–Kier alpha value is -1.84. The van der Waals surface area contributed by atoms with Gasteiger partial charge in [-0.25, -0.2) is 4.39 Å². The molecule has 4 heteroatoms. The van der Waals surface area contributed by atoms with Crippen LogP contribution in [0.4, 0.5) is 17.6 Å². The van der Waals surface area contributed by atoms with Gasteiger partial charge in [0.25, 0.3) is 0 Å². The predicted molar refractivity (Wildman–Crippen MR) is 96.4 cm³/mol. The lowest BCUT2D eigenvalue weighted by atomic mass is 9.77. The fraction of sp³-hybridized carbons (Fsp3) is 0.455. The molecular weight excluding hydrogens is 340 g/mol. The molecule has 0 saturated heterocycles. The summed E-state index contributed by atoms with van der Waals surface area (Å²) in [6.07, 6.45) is 2.67. The van der Waals surface area contributed by atoms with Crippen LogP contribution >= 0.6 is 0 Å². The summed E-state index contributed by atoms with van der Waals surface area (Å²) < 4.78 is 52.6. The minimum Gasteiger partial charge on any atom is -0.206 e. The largest absolute Gasteiger partial charge is 0.416 e. The van der Waals surface area contributed by atoms with Gasteiger partial charge in [-0.2, -0.15) is 13.2 Å². The lowest BCUT2D eigenvalue weighted by Crippen LogP contribution is -2.13. The zero-order valence-electron chi connectivity index (χ0n) is 15.0. The van der Waals surface area contributed by atoms with Crippen molar-refractivity contribution in [2.24, 2.45) is 5.92 Å². The molecule has 1 aliphatic carbocycles. The number of hydrogen-bond donors (Lipinski definition) is 0. The van der Waals surface area contributed by atoms with Gasteiger partial charge >= 0.3 is 6.18 Å². The van der Waals surface area contributed by atoms with Crippen molar-refractivity contribution in [3.05, 3.63) is 59.4 Å². The quantitative estimate of drug-likeness (QED) is 0.490. The molecule has 0 atom stereocenters. The van der Waals surface area contributed by atoms with E-state index >= 15 is 0 Å². The van der Waals surface area contributed by atoms with E-state index < -0.39 is 11.7 Å². The number of alkyl halides is 3. The maximum absolute atomic E-state index is 14.6. The summed E-state index contributed by atoms with van der Waals surface area (Å²) in [6, 6.07) is 9.85.